The number of halogens is 2. The zero-order chi connectivity index (χ0) is 14.0. The van der Waals surface area contributed by atoms with Crippen LogP contribution < -0.4 is 5.32 Å². The molecule has 100 valence electrons. The molecule has 0 radical (unpaired) electrons. The maximum Gasteiger partial charge on any atom is 0.252 e. The van der Waals surface area contributed by atoms with Gasteiger partial charge in [-0.05, 0) is 60.1 Å². The topological polar surface area (TPSA) is 29.1 Å². The third-order valence-electron chi connectivity index (χ3n) is 2.71. The van der Waals surface area contributed by atoms with Gasteiger partial charge in [-0.3, -0.25) is 4.79 Å². The van der Waals surface area contributed by atoms with E-state index >= 15 is 0 Å². The Balaban J connectivity index is 2.15. The van der Waals surface area contributed by atoms with E-state index in [9.17, 15) is 4.79 Å². The van der Waals surface area contributed by atoms with Crippen molar-refractivity contribution in [2.75, 3.05) is 0 Å². The smallest absolute Gasteiger partial charge is 0.252 e. The zero-order valence-corrected chi connectivity index (χ0v) is 13.7. The van der Waals surface area contributed by atoms with Crippen LogP contribution in [0.5, 0.6) is 0 Å². The minimum atomic E-state index is -0.132. The van der Waals surface area contributed by atoms with Crippen molar-refractivity contribution >= 4 is 44.8 Å². The van der Waals surface area contributed by atoms with Gasteiger partial charge in [0, 0.05) is 19.2 Å². The molecule has 0 bridgehead atoms. The van der Waals surface area contributed by atoms with Crippen LogP contribution in [0.15, 0.2) is 34.8 Å². The van der Waals surface area contributed by atoms with Crippen molar-refractivity contribution in [3.05, 3.63) is 55.1 Å². The van der Waals surface area contributed by atoms with Crippen LogP contribution in [0.25, 0.3) is 0 Å². The van der Waals surface area contributed by atoms with Gasteiger partial charge in [-0.25, -0.2) is 0 Å². The van der Waals surface area contributed by atoms with Crippen LogP contribution in [0.2, 0.25) is 5.02 Å². The highest BCUT2D eigenvalue weighted by atomic mass is 79.9. The minimum absolute atomic E-state index is 0.0166. The molecule has 0 fully saturated rings. The molecule has 1 amide bonds. The van der Waals surface area contributed by atoms with Gasteiger partial charge in [-0.2, -0.15) is 0 Å². The van der Waals surface area contributed by atoms with E-state index in [1.807, 2.05) is 13.0 Å². The van der Waals surface area contributed by atoms with Crippen molar-refractivity contribution in [1.29, 1.82) is 0 Å². The lowest BCUT2D eigenvalue weighted by Gasteiger charge is -2.13. The Morgan fingerprint density at radius 1 is 1.37 bits per heavy atom. The molecule has 0 saturated carbocycles. The highest BCUT2D eigenvalue weighted by Crippen LogP contribution is 2.25. The van der Waals surface area contributed by atoms with Gasteiger partial charge in [0.1, 0.15) is 0 Å². The molecule has 2 nitrogen and oxygen atoms in total. The predicted octanol–water partition coefficient (Wildman–Crippen LogP) is 4.96. The van der Waals surface area contributed by atoms with Crippen molar-refractivity contribution in [2.24, 2.45) is 0 Å². The number of rotatable bonds is 3. The average Bonchev–Trinajstić information content (AvgIpc) is 2.79. The molecule has 2 rings (SSSR count). The molecule has 1 unspecified atom stereocenters. The number of amides is 1. The van der Waals surface area contributed by atoms with Crippen LogP contribution in [-0.2, 0) is 0 Å². The van der Waals surface area contributed by atoms with Crippen LogP contribution in [-0.4, -0.2) is 5.91 Å². The molecule has 1 heterocycles. The van der Waals surface area contributed by atoms with Crippen LogP contribution in [0.4, 0.5) is 0 Å². The molecule has 1 N–H and O–H groups in total. The molecule has 0 aliphatic rings. The van der Waals surface area contributed by atoms with Crippen molar-refractivity contribution < 1.29 is 4.79 Å². The van der Waals surface area contributed by atoms with Gasteiger partial charge in [0.2, 0.25) is 0 Å². The largest absolute Gasteiger partial charge is 0.345 e. The molecule has 2 aromatic rings. The second-order valence-corrected chi connectivity index (χ2v) is 6.88. The Bertz CT molecular complexity index is 611. The minimum Gasteiger partial charge on any atom is -0.345 e. The number of carbonyl (C=O) groups is 1. The first-order valence-corrected chi connectivity index (χ1v) is 7.78. The van der Waals surface area contributed by atoms with E-state index in [0.717, 1.165) is 9.35 Å². The summed E-state index contributed by atoms with van der Waals surface area (Å²) >= 11 is 11.0. The first-order valence-electron chi connectivity index (χ1n) is 5.79. The van der Waals surface area contributed by atoms with Crippen LogP contribution in [0.3, 0.4) is 0 Å². The molecule has 19 heavy (non-hydrogen) atoms. The zero-order valence-electron chi connectivity index (χ0n) is 10.5. The Kier molecular flexibility index (Phi) is 4.66. The Morgan fingerprint density at radius 3 is 2.74 bits per heavy atom. The summed E-state index contributed by atoms with van der Waals surface area (Å²) in [5.74, 6) is -0.132. The number of hydrogen-bond acceptors (Lipinski definition) is 2. The fourth-order valence-electron chi connectivity index (χ4n) is 1.70. The average molecular weight is 359 g/mol. The fraction of sp³-hybridized carbons (Fsp3) is 0.214. The summed E-state index contributed by atoms with van der Waals surface area (Å²) < 4.78 is 0.740. The molecule has 0 saturated heterocycles. The summed E-state index contributed by atoms with van der Waals surface area (Å²) in [5, 5.41) is 3.53. The van der Waals surface area contributed by atoms with E-state index < -0.39 is 0 Å². The maximum absolute atomic E-state index is 12.2. The second kappa shape index (κ2) is 6.07. The first-order chi connectivity index (χ1) is 8.97. The number of nitrogens with one attached hydrogen (secondary N) is 1. The molecule has 0 spiro atoms. The lowest BCUT2D eigenvalue weighted by molar-refractivity contribution is 0.0939. The molecular formula is C14H13BrClNOS. The lowest BCUT2D eigenvalue weighted by Crippen LogP contribution is -2.26. The maximum atomic E-state index is 12.2. The van der Waals surface area contributed by atoms with Crippen molar-refractivity contribution in [2.45, 2.75) is 19.9 Å². The van der Waals surface area contributed by atoms with E-state index in [0.29, 0.717) is 10.6 Å². The van der Waals surface area contributed by atoms with Crippen LogP contribution in [0.1, 0.15) is 33.1 Å². The van der Waals surface area contributed by atoms with Gasteiger partial charge in [0.15, 0.2) is 0 Å². The molecule has 1 aromatic heterocycles. The summed E-state index contributed by atoms with van der Waals surface area (Å²) in [5.41, 5.74) is 0.549. The molecule has 5 heteroatoms. The van der Waals surface area contributed by atoms with E-state index in [1.165, 1.54) is 4.88 Å². The fourth-order valence-corrected chi connectivity index (χ4v) is 3.18. The van der Waals surface area contributed by atoms with Gasteiger partial charge < -0.3 is 5.32 Å². The van der Waals surface area contributed by atoms with Gasteiger partial charge in [0.05, 0.1) is 11.6 Å². The SMILES string of the molecule is Cc1ccc(C(C)NC(=O)c2cc(Cl)ccc2Br)s1. The van der Waals surface area contributed by atoms with E-state index in [1.54, 1.807) is 29.5 Å². The third kappa shape index (κ3) is 3.59. The van der Waals surface area contributed by atoms with Gasteiger partial charge in [0.25, 0.3) is 5.91 Å². The Morgan fingerprint density at radius 2 is 2.11 bits per heavy atom. The summed E-state index contributed by atoms with van der Waals surface area (Å²) in [4.78, 5) is 14.6. The monoisotopic (exact) mass is 357 g/mol. The van der Waals surface area contributed by atoms with Crippen molar-refractivity contribution in [3.8, 4) is 0 Å². The molecule has 1 aromatic carbocycles. The van der Waals surface area contributed by atoms with Crippen molar-refractivity contribution in [3.63, 3.8) is 0 Å². The van der Waals surface area contributed by atoms with Gasteiger partial charge >= 0.3 is 0 Å². The molecular weight excluding hydrogens is 346 g/mol. The summed E-state index contributed by atoms with van der Waals surface area (Å²) in [6, 6.07) is 9.26. The number of carbonyl (C=O) groups excluding carboxylic acids is 1. The second-order valence-electron chi connectivity index (χ2n) is 4.27. The third-order valence-corrected chi connectivity index (χ3v) is 4.82. The summed E-state index contributed by atoms with van der Waals surface area (Å²) in [7, 11) is 0. The Hall–Kier alpha value is -0.840. The predicted molar refractivity (Wildman–Crippen MR) is 84.1 cm³/mol. The quantitative estimate of drug-likeness (QED) is 0.825. The van der Waals surface area contributed by atoms with Crippen LogP contribution in [0, 0.1) is 6.92 Å². The normalized spacial score (nSPS) is 12.2. The van der Waals surface area contributed by atoms with Crippen molar-refractivity contribution in [1.82, 2.24) is 5.32 Å². The van der Waals surface area contributed by atoms with E-state index in [2.05, 4.69) is 34.2 Å². The lowest BCUT2D eigenvalue weighted by atomic mass is 10.2. The number of aryl methyl sites for hydroxylation is 1. The Labute approximate surface area is 129 Å². The standard InChI is InChI=1S/C14H13BrClNOS/c1-8-3-6-13(19-8)9(2)17-14(18)11-7-10(16)4-5-12(11)15/h3-7,9H,1-2H3,(H,17,18). The summed E-state index contributed by atoms with van der Waals surface area (Å²) in [6.45, 7) is 4.03. The summed E-state index contributed by atoms with van der Waals surface area (Å²) in [6.07, 6.45) is 0. The van der Waals surface area contributed by atoms with Gasteiger partial charge in [-0.1, -0.05) is 11.6 Å². The highest BCUT2D eigenvalue weighted by Gasteiger charge is 2.15. The number of thiophene rings is 1. The molecule has 1 atom stereocenters. The van der Waals surface area contributed by atoms with E-state index in [-0.39, 0.29) is 11.9 Å². The number of hydrogen-bond donors (Lipinski definition) is 1. The van der Waals surface area contributed by atoms with E-state index in [4.69, 9.17) is 11.6 Å². The highest BCUT2D eigenvalue weighted by molar-refractivity contribution is 9.10. The molecule has 0 aliphatic carbocycles. The first kappa shape index (κ1) is 14.6. The van der Waals surface area contributed by atoms with Crippen LogP contribution >= 0.6 is 38.9 Å². The molecule has 0 aliphatic heterocycles. The number of benzene rings is 1. The van der Waals surface area contributed by atoms with Gasteiger partial charge in [-0.15, -0.1) is 11.3 Å².